The van der Waals surface area contributed by atoms with Crippen LogP contribution in [0.5, 0.6) is 17.2 Å². The van der Waals surface area contributed by atoms with Gasteiger partial charge in [0.2, 0.25) is 0 Å². The number of nitro benzene ring substituents is 1. The SMILES string of the molecule is CCOc1cc(Oc2ccc([N+](=O)[O-])cc2)ccc1CN. The molecule has 0 aromatic heterocycles. The van der Waals surface area contributed by atoms with Gasteiger partial charge in [0, 0.05) is 30.3 Å². The highest BCUT2D eigenvalue weighted by molar-refractivity contribution is 5.44. The molecule has 0 aliphatic heterocycles. The van der Waals surface area contributed by atoms with E-state index in [9.17, 15) is 10.1 Å². The number of rotatable bonds is 6. The van der Waals surface area contributed by atoms with Crippen molar-refractivity contribution in [1.29, 1.82) is 0 Å². The van der Waals surface area contributed by atoms with Crippen LogP contribution in [-0.2, 0) is 6.54 Å². The maximum absolute atomic E-state index is 10.6. The van der Waals surface area contributed by atoms with Gasteiger partial charge in [0.15, 0.2) is 0 Å². The van der Waals surface area contributed by atoms with Crippen LogP contribution in [0, 0.1) is 10.1 Å². The highest BCUT2D eigenvalue weighted by Gasteiger charge is 2.07. The smallest absolute Gasteiger partial charge is 0.269 e. The van der Waals surface area contributed by atoms with Crippen molar-refractivity contribution in [2.24, 2.45) is 5.73 Å². The van der Waals surface area contributed by atoms with E-state index in [2.05, 4.69) is 0 Å². The molecular weight excluding hydrogens is 272 g/mol. The van der Waals surface area contributed by atoms with Gasteiger partial charge in [-0.05, 0) is 25.1 Å². The number of nitrogens with two attached hydrogens (primary N) is 1. The Morgan fingerprint density at radius 2 is 1.81 bits per heavy atom. The lowest BCUT2D eigenvalue weighted by molar-refractivity contribution is -0.384. The van der Waals surface area contributed by atoms with Crippen LogP contribution in [0.25, 0.3) is 0 Å². The Labute approximate surface area is 122 Å². The Kier molecular flexibility index (Phi) is 4.73. The number of benzene rings is 2. The lowest BCUT2D eigenvalue weighted by atomic mass is 10.2. The Morgan fingerprint density at radius 1 is 1.14 bits per heavy atom. The molecule has 0 amide bonds. The number of hydrogen-bond acceptors (Lipinski definition) is 5. The molecule has 0 heterocycles. The molecule has 6 nitrogen and oxygen atoms in total. The molecule has 2 rings (SSSR count). The monoisotopic (exact) mass is 288 g/mol. The summed E-state index contributed by atoms with van der Waals surface area (Å²) in [6.07, 6.45) is 0. The van der Waals surface area contributed by atoms with Crippen molar-refractivity contribution in [2.45, 2.75) is 13.5 Å². The summed E-state index contributed by atoms with van der Waals surface area (Å²) >= 11 is 0. The number of nitro groups is 1. The van der Waals surface area contributed by atoms with Crippen LogP contribution in [0.4, 0.5) is 5.69 Å². The molecule has 110 valence electrons. The quantitative estimate of drug-likeness (QED) is 0.651. The van der Waals surface area contributed by atoms with Crippen LogP contribution in [0.3, 0.4) is 0 Å². The first-order chi connectivity index (χ1) is 10.1. The van der Waals surface area contributed by atoms with Gasteiger partial charge >= 0.3 is 0 Å². The highest BCUT2D eigenvalue weighted by atomic mass is 16.6. The second kappa shape index (κ2) is 6.71. The molecule has 21 heavy (non-hydrogen) atoms. The fourth-order valence-electron chi connectivity index (χ4n) is 1.83. The van der Waals surface area contributed by atoms with Crippen LogP contribution in [0.15, 0.2) is 42.5 Å². The zero-order chi connectivity index (χ0) is 15.2. The Hall–Kier alpha value is -2.60. The first-order valence-corrected chi connectivity index (χ1v) is 6.52. The maximum Gasteiger partial charge on any atom is 0.269 e. The van der Waals surface area contributed by atoms with E-state index in [1.807, 2.05) is 13.0 Å². The van der Waals surface area contributed by atoms with Gasteiger partial charge in [0.25, 0.3) is 5.69 Å². The van der Waals surface area contributed by atoms with Gasteiger partial charge in [-0.1, -0.05) is 6.07 Å². The van der Waals surface area contributed by atoms with Crippen LogP contribution >= 0.6 is 0 Å². The van der Waals surface area contributed by atoms with Crippen LogP contribution < -0.4 is 15.2 Å². The van der Waals surface area contributed by atoms with E-state index in [1.54, 1.807) is 24.3 Å². The molecule has 2 N–H and O–H groups in total. The first-order valence-electron chi connectivity index (χ1n) is 6.52. The zero-order valence-electron chi connectivity index (χ0n) is 11.6. The average molecular weight is 288 g/mol. The third kappa shape index (κ3) is 3.70. The van der Waals surface area contributed by atoms with Gasteiger partial charge in [0.1, 0.15) is 17.2 Å². The molecule has 0 fully saturated rings. The maximum atomic E-state index is 10.6. The first kappa shape index (κ1) is 14.8. The van der Waals surface area contributed by atoms with Gasteiger partial charge in [-0.25, -0.2) is 0 Å². The molecule has 0 aliphatic rings. The normalized spacial score (nSPS) is 10.2. The van der Waals surface area contributed by atoms with E-state index in [0.29, 0.717) is 30.4 Å². The van der Waals surface area contributed by atoms with E-state index >= 15 is 0 Å². The molecule has 0 radical (unpaired) electrons. The van der Waals surface area contributed by atoms with E-state index in [4.69, 9.17) is 15.2 Å². The minimum absolute atomic E-state index is 0.0239. The predicted molar refractivity (Wildman–Crippen MR) is 78.7 cm³/mol. The number of ether oxygens (including phenoxy) is 2. The van der Waals surface area contributed by atoms with Crippen molar-refractivity contribution in [3.63, 3.8) is 0 Å². The lowest BCUT2D eigenvalue weighted by Crippen LogP contribution is -2.02. The van der Waals surface area contributed by atoms with E-state index in [0.717, 1.165) is 5.56 Å². The molecule has 0 saturated heterocycles. The fourth-order valence-corrected chi connectivity index (χ4v) is 1.83. The summed E-state index contributed by atoms with van der Waals surface area (Å²) in [6, 6.07) is 11.3. The molecule has 0 bridgehead atoms. The third-order valence-corrected chi connectivity index (χ3v) is 2.84. The molecule has 0 saturated carbocycles. The average Bonchev–Trinajstić information content (AvgIpc) is 2.48. The molecule has 6 heteroatoms. The van der Waals surface area contributed by atoms with Crippen LogP contribution in [-0.4, -0.2) is 11.5 Å². The van der Waals surface area contributed by atoms with Gasteiger partial charge in [-0.3, -0.25) is 10.1 Å². The molecule has 0 spiro atoms. The molecule has 0 aliphatic carbocycles. The second-order valence-electron chi connectivity index (χ2n) is 4.26. The van der Waals surface area contributed by atoms with Crippen molar-refractivity contribution in [3.8, 4) is 17.2 Å². The largest absolute Gasteiger partial charge is 0.493 e. The van der Waals surface area contributed by atoms with Crippen LogP contribution in [0.2, 0.25) is 0 Å². The van der Waals surface area contributed by atoms with Crippen LogP contribution in [0.1, 0.15) is 12.5 Å². The Balaban J connectivity index is 2.18. The summed E-state index contributed by atoms with van der Waals surface area (Å²) in [5.74, 6) is 1.78. The van der Waals surface area contributed by atoms with E-state index < -0.39 is 4.92 Å². The summed E-state index contributed by atoms with van der Waals surface area (Å²) in [6.45, 7) is 2.81. The third-order valence-electron chi connectivity index (χ3n) is 2.84. The highest BCUT2D eigenvalue weighted by Crippen LogP contribution is 2.29. The molecule has 2 aromatic carbocycles. The standard InChI is InChI=1S/C15H16N2O4/c1-2-20-15-9-14(6-3-11(15)10-16)21-13-7-4-12(5-8-13)17(18)19/h3-9H,2,10,16H2,1H3. The van der Waals surface area contributed by atoms with Crippen molar-refractivity contribution in [2.75, 3.05) is 6.61 Å². The summed E-state index contributed by atoms with van der Waals surface area (Å²) in [5, 5.41) is 10.6. The molecule has 2 aromatic rings. The zero-order valence-corrected chi connectivity index (χ0v) is 11.6. The van der Waals surface area contributed by atoms with Crippen molar-refractivity contribution in [3.05, 3.63) is 58.1 Å². The summed E-state index contributed by atoms with van der Waals surface area (Å²) in [4.78, 5) is 10.1. The van der Waals surface area contributed by atoms with Gasteiger partial charge in [-0.15, -0.1) is 0 Å². The lowest BCUT2D eigenvalue weighted by Gasteiger charge is -2.11. The molecular formula is C15H16N2O4. The number of nitrogens with zero attached hydrogens (tertiary/aromatic N) is 1. The van der Waals surface area contributed by atoms with Crippen molar-refractivity contribution >= 4 is 5.69 Å². The summed E-state index contributed by atoms with van der Waals surface area (Å²) in [7, 11) is 0. The Morgan fingerprint density at radius 3 is 2.38 bits per heavy atom. The van der Waals surface area contributed by atoms with E-state index in [-0.39, 0.29) is 5.69 Å². The predicted octanol–water partition coefficient (Wildman–Crippen LogP) is 3.24. The molecule has 0 unspecified atom stereocenters. The van der Waals surface area contributed by atoms with E-state index in [1.165, 1.54) is 12.1 Å². The second-order valence-corrected chi connectivity index (χ2v) is 4.26. The van der Waals surface area contributed by atoms with Crippen molar-refractivity contribution in [1.82, 2.24) is 0 Å². The van der Waals surface area contributed by atoms with Gasteiger partial charge < -0.3 is 15.2 Å². The molecule has 0 atom stereocenters. The van der Waals surface area contributed by atoms with Crippen molar-refractivity contribution < 1.29 is 14.4 Å². The Bertz CT molecular complexity index is 626. The topological polar surface area (TPSA) is 87.6 Å². The minimum atomic E-state index is -0.451. The number of hydrogen-bond donors (Lipinski definition) is 1. The van der Waals surface area contributed by atoms with Gasteiger partial charge in [0.05, 0.1) is 11.5 Å². The summed E-state index contributed by atoms with van der Waals surface area (Å²) < 4.78 is 11.2. The fraction of sp³-hybridized carbons (Fsp3) is 0.200. The van der Waals surface area contributed by atoms with Gasteiger partial charge in [-0.2, -0.15) is 0 Å². The number of non-ortho nitro benzene ring substituents is 1. The summed E-state index contributed by atoms with van der Waals surface area (Å²) in [5.41, 5.74) is 6.56. The minimum Gasteiger partial charge on any atom is -0.493 e.